The summed E-state index contributed by atoms with van der Waals surface area (Å²) in [7, 11) is 0. The Morgan fingerprint density at radius 2 is 1.85 bits per heavy atom. The van der Waals surface area contributed by atoms with E-state index in [1.165, 1.54) is 16.9 Å². The standard InChI is InChI=1S/C20H20BrN3OS/c1-13(2)11-14-7-9-15(10-8-14)18-12-26-20(23-18)24-19(25)22-17-6-4-3-5-16(17)21/h3-10,12-13H,11H2,1-2H3,(H2,22,23,24,25). The van der Waals surface area contributed by atoms with Gasteiger partial charge in [0.2, 0.25) is 0 Å². The number of anilines is 2. The Bertz CT molecular complexity index is 890. The molecule has 0 atom stereocenters. The zero-order valence-corrected chi connectivity index (χ0v) is 17.0. The highest BCUT2D eigenvalue weighted by Crippen LogP contribution is 2.26. The summed E-state index contributed by atoms with van der Waals surface area (Å²) in [4.78, 5) is 16.7. The maximum absolute atomic E-state index is 12.2. The van der Waals surface area contributed by atoms with Crippen molar-refractivity contribution in [3.63, 3.8) is 0 Å². The predicted octanol–water partition coefficient (Wildman–Crippen LogP) is 6.42. The van der Waals surface area contributed by atoms with Crippen LogP contribution in [-0.2, 0) is 6.42 Å². The molecular weight excluding hydrogens is 410 g/mol. The second-order valence-electron chi connectivity index (χ2n) is 6.39. The maximum atomic E-state index is 12.2. The van der Waals surface area contributed by atoms with E-state index in [9.17, 15) is 4.79 Å². The first-order chi connectivity index (χ1) is 12.5. The molecule has 2 N–H and O–H groups in total. The second kappa shape index (κ2) is 8.47. The largest absolute Gasteiger partial charge is 0.325 e. The van der Waals surface area contributed by atoms with Gasteiger partial charge in [-0.15, -0.1) is 11.3 Å². The number of amides is 2. The number of nitrogens with zero attached hydrogens (tertiary/aromatic N) is 1. The summed E-state index contributed by atoms with van der Waals surface area (Å²) in [6, 6.07) is 15.6. The van der Waals surface area contributed by atoms with Gasteiger partial charge in [0.25, 0.3) is 0 Å². The van der Waals surface area contributed by atoms with E-state index >= 15 is 0 Å². The molecule has 0 radical (unpaired) electrons. The smallest absolute Gasteiger partial charge is 0.307 e. The molecule has 0 bridgehead atoms. The van der Waals surface area contributed by atoms with E-state index < -0.39 is 0 Å². The molecule has 0 aliphatic carbocycles. The number of hydrogen-bond donors (Lipinski definition) is 2. The molecule has 134 valence electrons. The zero-order valence-electron chi connectivity index (χ0n) is 14.6. The molecule has 0 saturated heterocycles. The number of nitrogens with one attached hydrogen (secondary N) is 2. The van der Waals surface area contributed by atoms with Gasteiger partial charge in [-0.1, -0.05) is 50.2 Å². The normalized spacial score (nSPS) is 10.8. The monoisotopic (exact) mass is 429 g/mol. The summed E-state index contributed by atoms with van der Waals surface area (Å²) in [5.74, 6) is 0.638. The van der Waals surface area contributed by atoms with Gasteiger partial charge >= 0.3 is 6.03 Å². The molecule has 0 fully saturated rings. The highest BCUT2D eigenvalue weighted by molar-refractivity contribution is 9.10. The molecule has 0 unspecified atom stereocenters. The van der Waals surface area contributed by atoms with Gasteiger partial charge in [0.05, 0.1) is 11.4 Å². The molecule has 3 rings (SSSR count). The van der Waals surface area contributed by atoms with Crippen LogP contribution in [-0.4, -0.2) is 11.0 Å². The van der Waals surface area contributed by atoms with E-state index in [4.69, 9.17) is 0 Å². The SMILES string of the molecule is CC(C)Cc1ccc(-c2csc(NC(=O)Nc3ccccc3Br)n2)cc1. The van der Waals surface area contributed by atoms with Crippen molar-refractivity contribution in [1.29, 1.82) is 0 Å². The van der Waals surface area contributed by atoms with Crippen molar-refractivity contribution in [2.75, 3.05) is 10.6 Å². The Labute approximate surface area is 165 Å². The molecule has 2 aromatic carbocycles. The third-order valence-corrected chi connectivity index (χ3v) is 5.19. The number of para-hydroxylation sites is 1. The first kappa shape index (κ1) is 18.6. The minimum Gasteiger partial charge on any atom is -0.307 e. The Balaban J connectivity index is 1.64. The maximum Gasteiger partial charge on any atom is 0.325 e. The van der Waals surface area contributed by atoms with Crippen molar-refractivity contribution in [2.24, 2.45) is 5.92 Å². The summed E-state index contributed by atoms with van der Waals surface area (Å²) in [5, 5.41) is 8.10. The van der Waals surface area contributed by atoms with E-state index in [1.807, 2.05) is 29.6 Å². The molecule has 6 heteroatoms. The highest BCUT2D eigenvalue weighted by Gasteiger charge is 2.09. The van der Waals surface area contributed by atoms with Gasteiger partial charge in [0.15, 0.2) is 5.13 Å². The fourth-order valence-electron chi connectivity index (χ4n) is 2.56. The number of carbonyl (C=O) groups is 1. The van der Waals surface area contributed by atoms with E-state index in [1.54, 1.807) is 0 Å². The van der Waals surface area contributed by atoms with Gasteiger partial charge in [0, 0.05) is 15.4 Å². The lowest BCUT2D eigenvalue weighted by Gasteiger charge is -2.07. The van der Waals surface area contributed by atoms with Gasteiger partial charge < -0.3 is 5.32 Å². The summed E-state index contributed by atoms with van der Waals surface area (Å²) in [6.45, 7) is 4.43. The van der Waals surface area contributed by atoms with E-state index in [-0.39, 0.29) is 6.03 Å². The molecule has 2 amide bonds. The van der Waals surface area contributed by atoms with Gasteiger partial charge in [-0.3, -0.25) is 5.32 Å². The first-order valence-electron chi connectivity index (χ1n) is 8.38. The Morgan fingerprint density at radius 3 is 2.54 bits per heavy atom. The molecule has 0 aliphatic heterocycles. The minimum absolute atomic E-state index is 0.315. The van der Waals surface area contributed by atoms with Crippen molar-refractivity contribution in [2.45, 2.75) is 20.3 Å². The third-order valence-electron chi connectivity index (χ3n) is 3.74. The van der Waals surface area contributed by atoms with Crippen LogP contribution in [0.1, 0.15) is 19.4 Å². The Kier molecular flexibility index (Phi) is 6.06. The lowest BCUT2D eigenvalue weighted by atomic mass is 10.0. The number of urea groups is 1. The van der Waals surface area contributed by atoms with Crippen LogP contribution in [0.5, 0.6) is 0 Å². The average molecular weight is 430 g/mol. The van der Waals surface area contributed by atoms with Crippen molar-refractivity contribution < 1.29 is 4.79 Å². The van der Waals surface area contributed by atoms with Crippen LogP contribution < -0.4 is 10.6 Å². The Hall–Kier alpha value is -2.18. The van der Waals surface area contributed by atoms with Crippen molar-refractivity contribution in [3.8, 4) is 11.3 Å². The lowest BCUT2D eigenvalue weighted by molar-refractivity contribution is 0.262. The van der Waals surface area contributed by atoms with Crippen LogP contribution in [0.3, 0.4) is 0 Å². The van der Waals surface area contributed by atoms with Crippen molar-refractivity contribution in [3.05, 3.63) is 63.9 Å². The predicted molar refractivity (Wildman–Crippen MR) is 113 cm³/mol. The van der Waals surface area contributed by atoms with Crippen molar-refractivity contribution in [1.82, 2.24) is 4.98 Å². The number of benzene rings is 2. The number of thiazole rings is 1. The van der Waals surface area contributed by atoms with Crippen LogP contribution >= 0.6 is 27.3 Å². The van der Waals surface area contributed by atoms with E-state index in [2.05, 4.69) is 69.7 Å². The second-order valence-corrected chi connectivity index (χ2v) is 8.10. The molecule has 0 aliphatic rings. The van der Waals surface area contributed by atoms with Gasteiger partial charge in [-0.25, -0.2) is 9.78 Å². The fraction of sp³-hybridized carbons (Fsp3) is 0.200. The summed E-state index contributed by atoms with van der Waals surface area (Å²) in [5.41, 5.74) is 3.95. The number of hydrogen-bond acceptors (Lipinski definition) is 3. The lowest BCUT2D eigenvalue weighted by Crippen LogP contribution is -2.19. The van der Waals surface area contributed by atoms with Crippen LogP contribution in [0.15, 0.2) is 58.4 Å². The molecule has 0 saturated carbocycles. The molecular formula is C20H20BrN3OS. The number of aromatic nitrogens is 1. The zero-order chi connectivity index (χ0) is 18.5. The van der Waals surface area contributed by atoms with Crippen LogP contribution in [0.25, 0.3) is 11.3 Å². The minimum atomic E-state index is -0.315. The summed E-state index contributed by atoms with van der Waals surface area (Å²) >= 11 is 4.82. The quantitative estimate of drug-likeness (QED) is 0.491. The third kappa shape index (κ3) is 4.93. The average Bonchev–Trinajstić information content (AvgIpc) is 3.05. The Morgan fingerprint density at radius 1 is 1.12 bits per heavy atom. The number of carbonyl (C=O) groups excluding carboxylic acids is 1. The van der Waals surface area contributed by atoms with Crippen LogP contribution in [0.4, 0.5) is 15.6 Å². The number of halogens is 1. The van der Waals surface area contributed by atoms with Crippen molar-refractivity contribution >= 4 is 44.1 Å². The first-order valence-corrected chi connectivity index (χ1v) is 10.1. The molecule has 3 aromatic rings. The van der Waals surface area contributed by atoms with Gasteiger partial charge in [-0.2, -0.15) is 0 Å². The van der Waals surface area contributed by atoms with E-state index in [0.29, 0.717) is 16.7 Å². The van der Waals surface area contributed by atoms with Gasteiger partial charge in [-0.05, 0) is 46.0 Å². The van der Waals surface area contributed by atoms with Crippen LogP contribution in [0, 0.1) is 5.92 Å². The fourth-order valence-corrected chi connectivity index (χ4v) is 3.66. The van der Waals surface area contributed by atoms with Gasteiger partial charge in [0.1, 0.15) is 0 Å². The highest BCUT2D eigenvalue weighted by atomic mass is 79.9. The molecule has 26 heavy (non-hydrogen) atoms. The molecule has 4 nitrogen and oxygen atoms in total. The number of rotatable bonds is 5. The van der Waals surface area contributed by atoms with E-state index in [0.717, 1.165) is 22.2 Å². The summed E-state index contributed by atoms with van der Waals surface area (Å²) in [6.07, 6.45) is 1.07. The summed E-state index contributed by atoms with van der Waals surface area (Å²) < 4.78 is 0.830. The van der Waals surface area contributed by atoms with Crippen LogP contribution in [0.2, 0.25) is 0 Å². The molecule has 1 heterocycles. The molecule has 0 spiro atoms. The molecule has 1 aromatic heterocycles. The topological polar surface area (TPSA) is 54.0 Å².